The summed E-state index contributed by atoms with van der Waals surface area (Å²) in [5, 5.41) is 19.7. The van der Waals surface area contributed by atoms with Gasteiger partial charge in [-0.15, -0.1) is 10.2 Å². The largest absolute Gasteiger partial charge is 0.255 e. The average molecular weight is 464 g/mol. The third-order valence-corrected chi connectivity index (χ3v) is 6.24. The van der Waals surface area contributed by atoms with Crippen LogP contribution in [0.5, 0.6) is 0 Å². The first-order valence-corrected chi connectivity index (χ1v) is 12.2. The number of aromatic amines is 1. The molecule has 4 aromatic rings. The molecule has 0 spiro atoms. The lowest BCUT2D eigenvalue weighted by Gasteiger charge is -2.14. The van der Waals surface area contributed by atoms with Gasteiger partial charge in [0.2, 0.25) is 5.82 Å². The van der Waals surface area contributed by atoms with E-state index in [1.165, 1.54) is 0 Å². The molecular formula is C23H25N7O2S. The number of primary sulfonamides is 1. The van der Waals surface area contributed by atoms with Crippen LogP contribution in [0.1, 0.15) is 42.4 Å². The molecule has 33 heavy (non-hydrogen) atoms. The summed E-state index contributed by atoms with van der Waals surface area (Å²) in [5.41, 5.74) is 5.06. The highest BCUT2D eigenvalue weighted by molar-refractivity contribution is 7.89. The van der Waals surface area contributed by atoms with Crippen molar-refractivity contribution in [1.29, 1.82) is 0 Å². The number of hydrogen-bond donors (Lipinski definition) is 2. The van der Waals surface area contributed by atoms with E-state index >= 15 is 0 Å². The van der Waals surface area contributed by atoms with Crippen LogP contribution in [0.2, 0.25) is 0 Å². The van der Waals surface area contributed by atoms with Crippen molar-refractivity contribution >= 4 is 10.0 Å². The van der Waals surface area contributed by atoms with E-state index in [-0.39, 0.29) is 5.03 Å². The van der Waals surface area contributed by atoms with Crippen molar-refractivity contribution in [3.8, 4) is 22.5 Å². The maximum absolute atomic E-state index is 12.3. The van der Waals surface area contributed by atoms with E-state index in [1.54, 1.807) is 6.92 Å². The van der Waals surface area contributed by atoms with Gasteiger partial charge in [0.1, 0.15) is 5.82 Å². The van der Waals surface area contributed by atoms with Gasteiger partial charge in [-0.25, -0.2) is 23.5 Å². The second kappa shape index (κ2) is 9.55. The quantitative estimate of drug-likeness (QED) is 0.382. The SMILES string of the molecule is CCCCc1nc(C)nc(S(N)(=O)=O)c1Cc1ccc(-c2ccccc2-c2nn[nH]n2)cc1. The maximum Gasteiger partial charge on any atom is 0.255 e. The molecule has 0 saturated carbocycles. The fraction of sp³-hybridized carbons (Fsp3) is 0.261. The van der Waals surface area contributed by atoms with Crippen molar-refractivity contribution in [1.82, 2.24) is 30.6 Å². The Kier molecular flexibility index (Phi) is 6.57. The predicted octanol–water partition coefficient (Wildman–Crippen LogP) is 3.21. The first-order chi connectivity index (χ1) is 15.9. The molecular weight excluding hydrogens is 438 g/mol. The van der Waals surface area contributed by atoms with E-state index < -0.39 is 10.0 Å². The van der Waals surface area contributed by atoms with Gasteiger partial charge >= 0.3 is 0 Å². The van der Waals surface area contributed by atoms with Gasteiger partial charge in [-0.1, -0.05) is 61.9 Å². The van der Waals surface area contributed by atoms with Crippen LogP contribution in [-0.2, 0) is 22.9 Å². The Hall–Kier alpha value is -3.50. The van der Waals surface area contributed by atoms with Crippen molar-refractivity contribution in [3.05, 3.63) is 71.2 Å². The highest BCUT2D eigenvalue weighted by Gasteiger charge is 2.21. The molecule has 3 N–H and O–H groups in total. The van der Waals surface area contributed by atoms with Crippen molar-refractivity contribution in [2.45, 2.75) is 44.6 Å². The number of benzene rings is 2. The third kappa shape index (κ3) is 5.12. The van der Waals surface area contributed by atoms with Gasteiger partial charge in [-0.2, -0.15) is 5.21 Å². The molecule has 2 heterocycles. The Morgan fingerprint density at radius 2 is 1.73 bits per heavy atom. The van der Waals surface area contributed by atoms with Crippen molar-refractivity contribution in [2.75, 3.05) is 0 Å². The fourth-order valence-electron chi connectivity index (χ4n) is 3.80. The molecule has 0 amide bonds. The average Bonchev–Trinajstić information content (AvgIpc) is 3.33. The van der Waals surface area contributed by atoms with E-state index in [9.17, 15) is 8.42 Å². The van der Waals surface area contributed by atoms with E-state index in [1.807, 2.05) is 48.5 Å². The number of tetrazole rings is 1. The van der Waals surface area contributed by atoms with Crippen LogP contribution in [0.3, 0.4) is 0 Å². The summed E-state index contributed by atoms with van der Waals surface area (Å²) < 4.78 is 24.6. The normalized spacial score (nSPS) is 11.6. The molecule has 0 fully saturated rings. The van der Waals surface area contributed by atoms with Crippen molar-refractivity contribution in [2.24, 2.45) is 5.14 Å². The lowest BCUT2D eigenvalue weighted by molar-refractivity contribution is 0.590. The summed E-state index contributed by atoms with van der Waals surface area (Å²) >= 11 is 0. The predicted molar refractivity (Wildman–Crippen MR) is 125 cm³/mol. The van der Waals surface area contributed by atoms with E-state index in [0.717, 1.165) is 40.8 Å². The van der Waals surface area contributed by atoms with E-state index in [2.05, 4.69) is 37.5 Å². The first-order valence-electron chi connectivity index (χ1n) is 10.7. The summed E-state index contributed by atoms with van der Waals surface area (Å²) in [7, 11) is -3.98. The molecule has 170 valence electrons. The van der Waals surface area contributed by atoms with Gasteiger partial charge in [0, 0.05) is 23.2 Å². The summed E-state index contributed by atoms with van der Waals surface area (Å²) in [4.78, 5) is 8.70. The fourth-order valence-corrected chi connectivity index (χ4v) is 4.59. The van der Waals surface area contributed by atoms with Crippen molar-refractivity contribution in [3.63, 3.8) is 0 Å². The number of nitrogens with one attached hydrogen (secondary N) is 1. The zero-order chi connectivity index (χ0) is 23.4. The number of sulfonamides is 1. The summed E-state index contributed by atoms with van der Waals surface area (Å²) in [5.74, 6) is 0.923. The van der Waals surface area contributed by atoms with Crippen LogP contribution in [-0.4, -0.2) is 39.0 Å². The second-order valence-corrected chi connectivity index (χ2v) is 9.28. The van der Waals surface area contributed by atoms with Crippen LogP contribution >= 0.6 is 0 Å². The Morgan fingerprint density at radius 3 is 2.36 bits per heavy atom. The molecule has 2 aromatic carbocycles. The number of hydrogen-bond acceptors (Lipinski definition) is 7. The number of rotatable bonds is 8. The number of aryl methyl sites for hydroxylation is 2. The summed E-state index contributed by atoms with van der Waals surface area (Å²) in [6.45, 7) is 3.77. The van der Waals surface area contributed by atoms with Gasteiger partial charge in [-0.05, 0) is 41.7 Å². The Labute approximate surface area is 192 Å². The van der Waals surface area contributed by atoms with Crippen LogP contribution in [0.15, 0.2) is 53.6 Å². The molecule has 9 nitrogen and oxygen atoms in total. The zero-order valence-electron chi connectivity index (χ0n) is 18.5. The van der Waals surface area contributed by atoms with Gasteiger partial charge < -0.3 is 0 Å². The van der Waals surface area contributed by atoms with Crippen LogP contribution in [0, 0.1) is 6.92 Å². The molecule has 0 aliphatic rings. The third-order valence-electron chi connectivity index (χ3n) is 5.36. The molecule has 0 bridgehead atoms. The number of H-pyrrole nitrogens is 1. The number of nitrogens with two attached hydrogens (primary N) is 1. The van der Waals surface area contributed by atoms with Crippen LogP contribution < -0.4 is 5.14 Å². The Balaban J connectivity index is 1.70. The molecule has 0 aliphatic carbocycles. The Morgan fingerprint density at radius 1 is 1.00 bits per heavy atom. The number of unbranched alkanes of at least 4 members (excludes halogenated alkanes) is 1. The molecule has 0 radical (unpaired) electrons. The monoisotopic (exact) mass is 463 g/mol. The van der Waals surface area contributed by atoms with E-state index in [4.69, 9.17) is 5.14 Å². The molecule has 0 atom stereocenters. The Bertz CT molecular complexity index is 1350. The molecule has 4 rings (SSSR count). The number of aromatic nitrogens is 6. The van der Waals surface area contributed by atoms with Crippen molar-refractivity contribution < 1.29 is 8.42 Å². The first kappa shape index (κ1) is 22.7. The van der Waals surface area contributed by atoms with Gasteiger partial charge in [0.05, 0.1) is 0 Å². The minimum Gasteiger partial charge on any atom is -0.238 e. The lowest BCUT2D eigenvalue weighted by atomic mass is 9.96. The molecule has 0 aliphatic heterocycles. The minimum absolute atomic E-state index is 0.0902. The summed E-state index contributed by atoms with van der Waals surface area (Å²) in [6, 6.07) is 15.7. The smallest absolute Gasteiger partial charge is 0.238 e. The topological polar surface area (TPSA) is 140 Å². The van der Waals surface area contributed by atoms with Gasteiger partial charge in [-0.3, -0.25) is 0 Å². The van der Waals surface area contributed by atoms with Gasteiger partial charge in [0.25, 0.3) is 10.0 Å². The van der Waals surface area contributed by atoms with Crippen LogP contribution in [0.25, 0.3) is 22.5 Å². The highest BCUT2D eigenvalue weighted by Crippen LogP contribution is 2.30. The molecule has 10 heteroatoms. The maximum atomic E-state index is 12.3. The number of nitrogens with zero attached hydrogens (tertiary/aromatic N) is 5. The second-order valence-electron chi connectivity index (χ2n) is 7.80. The van der Waals surface area contributed by atoms with Crippen LogP contribution in [0.4, 0.5) is 0 Å². The minimum atomic E-state index is -3.98. The lowest BCUT2D eigenvalue weighted by Crippen LogP contribution is -2.20. The van der Waals surface area contributed by atoms with Gasteiger partial charge in [0.15, 0.2) is 5.03 Å². The molecule has 0 unspecified atom stereocenters. The molecule has 2 aromatic heterocycles. The summed E-state index contributed by atoms with van der Waals surface area (Å²) in [6.07, 6.45) is 2.92. The zero-order valence-corrected chi connectivity index (χ0v) is 19.3. The highest BCUT2D eigenvalue weighted by atomic mass is 32.2. The standard InChI is InChI=1S/C23H25N7O2S/c1-3-4-9-21-20(23(33(24,31)32)26-15(2)25-21)14-16-10-12-17(13-11-16)18-7-5-6-8-19(18)22-27-29-30-28-22/h5-8,10-13H,3-4,9,14H2,1-2H3,(H2,24,31,32)(H,27,28,29,30). The van der Waals surface area contributed by atoms with E-state index in [0.29, 0.717) is 30.1 Å². The molecule has 0 saturated heterocycles.